The number of ether oxygens (including phenoxy) is 2. The van der Waals surface area contributed by atoms with Crippen LogP contribution in [0.4, 0.5) is 4.79 Å². The molecule has 0 fully saturated rings. The molecule has 1 N–H and O–H groups in total. The Morgan fingerprint density at radius 2 is 1.45 bits per heavy atom. The Hall–Kier alpha value is -1.44. The van der Waals surface area contributed by atoms with Gasteiger partial charge in [-0.2, -0.15) is 11.8 Å². The van der Waals surface area contributed by atoms with Crippen LogP contribution in [0.1, 0.15) is 79.6 Å². The zero-order valence-corrected chi connectivity index (χ0v) is 22.8. The first kappa shape index (κ1) is 31.6. The van der Waals surface area contributed by atoms with Crippen molar-refractivity contribution >= 4 is 29.7 Å². The molecule has 0 heterocycles. The van der Waals surface area contributed by atoms with Gasteiger partial charge in [-0.05, 0) is 36.9 Å². The number of methoxy groups -OCH3 is 2. The van der Waals surface area contributed by atoms with Crippen LogP contribution in [0.15, 0.2) is 0 Å². The normalized spacial score (nSPS) is 13.8. The number of urea groups is 1. The van der Waals surface area contributed by atoms with Gasteiger partial charge in [-0.3, -0.25) is 4.79 Å². The van der Waals surface area contributed by atoms with Crippen LogP contribution in [0.2, 0.25) is 0 Å². The first-order valence-electron chi connectivity index (χ1n) is 12.4. The van der Waals surface area contributed by atoms with Gasteiger partial charge in [0.15, 0.2) is 0 Å². The third-order valence-corrected chi connectivity index (χ3v) is 7.01. The molecule has 0 saturated heterocycles. The van der Waals surface area contributed by atoms with E-state index in [-0.39, 0.29) is 6.54 Å². The smallest absolute Gasteiger partial charge is 0.329 e. The molecule has 194 valence electrons. The van der Waals surface area contributed by atoms with E-state index >= 15 is 0 Å². The summed E-state index contributed by atoms with van der Waals surface area (Å²) in [5.74, 6) is 2.62. The van der Waals surface area contributed by atoms with E-state index < -0.39 is 24.0 Å². The molecule has 0 rings (SSSR count). The summed E-state index contributed by atoms with van der Waals surface area (Å²) >= 11 is 1.64. The average Bonchev–Trinajstić information content (AvgIpc) is 2.78. The molecule has 0 saturated carbocycles. The van der Waals surface area contributed by atoms with Crippen LogP contribution in [-0.4, -0.2) is 67.7 Å². The van der Waals surface area contributed by atoms with Gasteiger partial charge in [-0.15, -0.1) is 0 Å². The Bertz CT molecular complexity index is 559. The van der Waals surface area contributed by atoms with E-state index in [9.17, 15) is 14.4 Å². The zero-order valence-electron chi connectivity index (χ0n) is 22.0. The molecule has 0 aromatic heterocycles. The van der Waals surface area contributed by atoms with Gasteiger partial charge in [0.2, 0.25) is 0 Å². The van der Waals surface area contributed by atoms with E-state index in [4.69, 9.17) is 4.74 Å². The molecule has 3 atom stereocenters. The van der Waals surface area contributed by atoms with E-state index in [1.165, 1.54) is 57.6 Å². The SMILES string of the molecule is CCN(CC(=O)OC)C(=O)NC(CSCCC(C)CCCC(C)CCCC(C)C)C(=O)OC. The van der Waals surface area contributed by atoms with Crippen molar-refractivity contribution < 1.29 is 23.9 Å². The highest BCUT2D eigenvalue weighted by Gasteiger charge is 2.25. The first-order valence-corrected chi connectivity index (χ1v) is 13.6. The Labute approximate surface area is 206 Å². The standard InChI is InChI=1S/C25H48N2O5S/c1-8-27(17-23(28)31-6)25(30)26-22(24(29)32-7)18-33-16-15-21(5)14-10-13-20(4)12-9-11-19(2)3/h19-22H,8-18H2,1-7H3,(H,26,30). The summed E-state index contributed by atoms with van der Waals surface area (Å²) in [5, 5.41) is 2.69. The molecule has 8 heteroatoms. The Kier molecular flexibility index (Phi) is 18.1. The second-order valence-electron chi connectivity index (χ2n) is 9.45. The predicted octanol–water partition coefficient (Wildman–Crippen LogP) is 5.12. The number of rotatable bonds is 18. The predicted molar refractivity (Wildman–Crippen MR) is 136 cm³/mol. The molecule has 0 bridgehead atoms. The van der Waals surface area contributed by atoms with Crippen LogP contribution in [0, 0.1) is 17.8 Å². The highest BCUT2D eigenvalue weighted by atomic mass is 32.2. The Morgan fingerprint density at radius 1 is 0.879 bits per heavy atom. The zero-order chi connectivity index (χ0) is 25.2. The van der Waals surface area contributed by atoms with Crippen LogP contribution in [0.3, 0.4) is 0 Å². The quantitative estimate of drug-likeness (QED) is 0.213. The second-order valence-corrected chi connectivity index (χ2v) is 10.6. The lowest BCUT2D eigenvalue weighted by Gasteiger charge is -2.23. The Balaban J connectivity index is 4.28. The van der Waals surface area contributed by atoms with Crippen LogP contribution < -0.4 is 5.32 Å². The summed E-state index contributed by atoms with van der Waals surface area (Å²) in [5.41, 5.74) is 0. The third kappa shape index (κ3) is 15.9. The highest BCUT2D eigenvalue weighted by molar-refractivity contribution is 7.99. The number of thioether (sulfide) groups is 1. The molecule has 0 aromatic carbocycles. The number of amides is 2. The number of esters is 2. The minimum atomic E-state index is -0.749. The molecular formula is C25H48N2O5S. The van der Waals surface area contributed by atoms with E-state index in [1.54, 1.807) is 18.7 Å². The number of carbonyl (C=O) groups is 3. The summed E-state index contributed by atoms with van der Waals surface area (Å²) in [6, 6.07) is -1.23. The lowest BCUT2D eigenvalue weighted by Crippen LogP contribution is -2.50. The van der Waals surface area contributed by atoms with Gasteiger partial charge >= 0.3 is 18.0 Å². The second kappa shape index (κ2) is 18.9. The summed E-state index contributed by atoms with van der Waals surface area (Å²) in [6.45, 7) is 11.2. The minimum absolute atomic E-state index is 0.159. The van der Waals surface area contributed by atoms with Gasteiger partial charge < -0.3 is 19.7 Å². The molecular weight excluding hydrogens is 440 g/mol. The first-order chi connectivity index (χ1) is 15.6. The van der Waals surface area contributed by atoms with Gasteiger partial charge in [-0.1, -0.05) is 66.2 Å². The van der Waals surface area contributed by atoms with E-state index in [2.05, 4.69) is 37.7 Å². The number of hydrogen-bond donors (Lipinski definition) is 1. The van der Waals surface area contributed by atoms with Crippen molar-refractivity contribution in [3.8, 4) is 0 Å². The fourth-order valence-corrected chi connectivity index (χ4v) is 4.75. The minimum Gasteiger partial charge on any atom is -0.468 e. The van der Waals surface area contributed by atoms with Gasteiger partial charge in [0.25, 0.3) is 0 Å². The van der Waals surface area contributed by atoms with Crippen molar-refractivity contribution in [3.05, 3.63) is 0 Å². The lowest BCUT2D eigenvalue weighted by atomic mass is 9.93. The van der Waals surface area contributed by atoms with E-state index in [1.807, 2.05) is 0 Å². The number of nitrogens with zero attached hydrogens (tertiary/aromatic N) is 1. The third-order valence-electron chi connectivity index (χ3n) is 5.91. The molecule has 0 spiro atoms. The monoisotopic (exact) mass is 488 g/mol. The van der Waals surface area contributed by atoms with Crippen molar-refractivity contribution in [2.75, 3.05) is 38.8 Å². The van der Waals surface area contributed by atoms with Crippen molar-refractivity contribution in [2.24, 2.45) is 17.8 Å². The number of likely N-dealkylation sites (N-methyl/N-ethyl adjacent to an activating group) is 1. The largest absolute Gasteiger partial charge is 0.468 e. The van der Waals surface area contributed by atoms with E-state index in [0.29, 0.717) is 18.2 Å². The van der Waals surface area contributed by atoms with Crippen LogP contribution in [0.5, 0.6) is 0 Å². The van der Waals surface area contributed by atoms with Crippen LogP contribution in [0.25, 0.3) is 0 Å². The summed E-state index contributed by atoms with van der Waals surface area (Å²) in [7, 11) is 2.58. The van der Waals surface area contributed by atoms with E-state index in [0.717, 1.165) is 24.0 Å². The fraction of sp³-hybridized carbons (Fsp3) is 0.880. The average molecular weight is 489 g/mol. The molecule has 7 nitrogen and oxygen atoms in total. The molecule has 0 aliphatic carbocycles. The molecule has 3 unspecified atom stereocenters. The number of nitrogens with one attached hydrogen (secondary N) is 1. The summed E-state index contributed by atoms with van der Waals surface area (Å²) in [4.78, 5) is 37.4. The van der Waals surface area contributed by atoms with Crippen LogP contribution in [-0.2, 0) is 19.1 Å². The maximum absolute atomic E-state index is 12.5. The molecule has 2 amide bonds. The lowest BCUT2D eigenvalue weighted by molar-refractivity contribution is -0.142. The van der Waals surface area contributed by atoms with Crippen molar-refractivity contribution in [2.45, 2.75) is 85.6 Å². The van der Waals surface area contributed by atoms with Crippen molar-refractivity contribution in [1.82, 2.24) is 10.2 Å². The summed E-state index contributed by atoms with van der Waals surface area (Å²) < 4.78 is 9.46. The fourth-order valence-electron chi connectivity index (χ4n) is 3.56. The van der Waals surface area contributed by atoms with Gasteiger partial charge in [-0.25, -0.2) is 9.59 Å². The molecule has 0 aliphatic rings. The van der Waals surface area contributed by atoms with Gasteiger partial charge in [0.1, 0.15) is 12.6 Å². The molecule has 0 aliphatic heterocycles. The van der Waals surface area contributed by atoms with Gasteiger partial charge in [0.05, 0.1) is 14.2 Å². The van der Waals surface area contributed by atoms with Crippen molar-refractivity contribution in [1.29, 1.82) is 0 Å². The van der Waals surface area contributed by atoms with Crippen LogP contribution >= 0.6 is 11.8 Å². The topological polar surface area (TPSA) is 84.9 Å². The molecule has 33 heavy (non-hydrogen) atoms. The summed E-state index contributed by atoms with van der Waals surface area (Å²) in [6.07, 6.45) is 8.86. The van der Waals surface area contributed by atoms with Crippen molar-refractivity contribution in [3.63, 3.8) is 0 Å². The maximum Gasteiger partial charge on any atom is 0.329 e. The maximum atomic E-state index is 12.5. The van der Waals surface area contributed by atoms with Gasteiger partial charge in [0, 0.05) is 12.3 Å². The molecule has 0 aromatic rings. The Morgan fingerprint density at radius 3 is 1.97 bits per heavy atom. The number of carbonyl (C=O) groups excluding carboxylic acids is 3. The molecule has 0 radical (unpaired) electrons. The highest BCUT2D eigenvalue weighted by Crippen LogP contribution is 2.21. The number of hydrogen-bond acceptors (Lipinski definition) is 6.